The molecule has 2 aromatic rings. The number of hydrogen-bond donors (Lipinski definition) is 1. The summed E-state index contributed by atoms with van der Waals surface area (Å²) in [4.78, 5) is 0.393. The largest absolute Gasteiger partial charge is 0.241 e. The van der Waals surface area contributed by atoms with Crippen LogP contribution in [0.15, 0.2) is 64.4 Å². The van der Waals surface area contributed by atoms with Crippen LogP contribution in [0.3, 0.4) is 0 Å². The van der Waals surface area contributed by atoms with Gasteiger partial charge in [0.2, 0.25) is 10.0 Å². The van der Waals surface area contributed by atoms with E-state index in [1.54, 1.807) is 37.3 Å². The van der Waals surface area contributed by atoms with E-state index < -0.39 is 25.9 Å². The standard InChI is InChI=1S/C15H17NO4S2/c1-12(13-8-10-14(11-9-13)21(2,17)18)16-22(19,20)15-6-4-3-5-7-15/h3-12,16H,1-2H3/t12-/m1/s1. The van der Waals surface area contributed by atoms with Gasteiger partial charge in [-0.25, -0.2) is 21.6 Å². The summed E-state index contributed by atoms with van der Waals surface area (Å²) < 4.78 is 49.9. The molecule has 7 heteroatoms. The minimum absolute atomic E-state index is 0.189. The fourth-order valence-corrected chi connectivity index (χ4v) is 3.86. The molecule has 1 N–H and O–H groups in total. The highest BCUT2D eigenvalue weighted by Gasteiger charge is 2.18. The van der Waals surface area contributed by atoms with Gasteiger partial charge in [0.25, 0.3) is 0 Å². The van der Waals surface area contributed by atoms with Gasteiger partial charge in [0.15, 0.2) is 9.84 Å². The van der Waals surface area contributed by atoms with E-state index in [4.69, 9.17) is 0 Å². The van der Waals surface area contributed by atoms with Gasteiger partial charge in [0, 0.05) is 12.3 Å². The SMILES string of the molecule is C[C@@H](NS(=O)(=O)c1ccccc1)c1ccc(S(C)(=O)=O)cc1. The lowest BCUT2D eigenvalue weighted by molar-refractivity contribution is 0.566. The van der Waals surface area contributed by atoms with Crippen molar-refractivity contribution < 1.29 is 16.8 Å². The predicted molar refractivity (Wildman–Crippen MR) is 84.7 cm³/mol. The highest BCUT2D eigenvalue weighted by Crippen LogP contribution is 2.19. The summed E-state index contributed by atoms with van der Waals surface area (Å²) in [6, 6.07) is 13.8. The maximum atomic E-state index is 12.2. The maximum Gasteiger partial charge on any atom is 0.241 e. The van der Waals surface area contributed by atoms with Gasteiger partial charge in [0.05, 0.1) is 9.79 Å². The third kappa shape index (κ3) is 3.94. The Kier molecular flexibility index (Phi) is 4.69. The van der Waals surface area contributed by atoms with Crippen molar-refractivity contribution in [3.63, 3.8) is 0 Å². The molecule has 2 rings (SSSR count). The van der Waals surface area contributed by atoms with Crippen LogP contribution in [0.4, 0.5) is 0 Å². The van der Waals surface area contributed by atoms with Gasteiger partial charge in [-0.3, -0.25) is 0 Å². The average molecular weight is 339 g/mol. The minimum atomic E-state index is -3.61. The van der Waals surface area contributed by atoms with Crippen LogP contribution in [0.1, 0.15) is 18.5 Å². The molecule has 0 amide bonds. The summed E-state index contributed by atoms with van der Waals surface area (Å²) in [7, 11) is -6.88. The quantitative estimate of drug-likeness (QED) is 0.905. The predicted octanol–water partition coefficient (Wildman–Crippen LogP) is 2.13. The van der Waals surface area contributed by atoms with Crippen LogP contribution >= 0.6 is 0 Å². The Hall–Kier alpha value is -1.70. The first kappa shape index (κ1) is 16.7. The lowest BCUT2D eigenvalue weighted by Crippen LogP contribution is -2.26. The first-order valence-corrected chi connectivity index (χ1v) is 9.95. The Labute approximate surface area is 131 Å². The Balaban J connectivity index is 2.21. The molecule has 0 bridgehead atoms. The summed E-state index contributed by atoms with van der Waals surface area (Å²) >= 11 is 0. The number of benzene rings is 2. The molecule has 0 aromatic heterocycles. The third-order valence-corrected chi connectivity index (χ3v) is 5.88. The Morgan fingerprint density at radius 2 is 1.36 bits per heavy atom. The van der Waals surface area contributed by atoms with E-state index in [1.807, 2.05) is 0 Å². The molecule has 0 aliphatic carbocycles. The van der Waals surface area contributed by atoms with Crippen molar-refractivity contribution in [3.8, 4) is 0 Å². The number of rotatable bonds is 5. The molecule has 1 atom stereocenters. The van der Waals surface area contributed by atoms with Crippen LogP contribution < -0.4 is 4.72 Å². The molecule has 0 spiro atoms. The lowest BCUT2D eigenvalue weighted by atomic mass is 10.1. The van der Waals surface area contributed by atoms with Gasteiger partial charge in [0.1, 0.15) is 0 Å². The second-order valence-corrected chi connectivity index (χ2v) is 8.73. The fourth-order valence-electron chi connectivity index (χ4n) is 1.97. The van der Waals surface area contributed by atoms with Gasteiger partial charge in [-0.05, 0) is 36.8 Å². The number of nitrogens with one attached hydrogen (secondary N) is 1. The lowest BCUT2D eigenvalue weighted by Gasteiger charge is -2.15. The first-order valence-electron chi connectivity index (χ1n) is 6.57. The molecule has 2 aromatic carbocycles. The van der Waals surface area contributed by atoms with Crippen LogP contribution in [0.25, 0.3) is 0 Å². The summed E-state index contributed by atoms with van der Waals surface area (Å²) in [6.07, 6.45) is 1.13. The van der Waals surface area contributed by atoms with Crippen LogP contribution in [0.5, 0.6) is 0 Å². The highest BCUT2D eigenvalue weighted by atomic mass is 32.2. The molecule has 0 aliphatic heterocycles. The normalized spacial score (nSPS) is 13.7. The second-order valence-electron chi connectivity index (χ2n) is 5.00. The van der Waals surface area contributed by atoms with Crippen LogP contribution in [-0.2, 0) is 19.9 Å². The Bertz CT molecular complexity index is 842. The van der Waals surface area contributed by atoms with E-state index in [1.165, 1.54) is 24.3 Å². The van der Waals surface area contributed by atoms with Gasteiger partial charge < -0.3 is 0 Å². The topological polar surface area (TPSA) is 80.3 Å². The van der Waals surface area contributed by atoms with Gasteiger partial charge in [-0.2, -0.15) is 0 Å². The minimum Gasteiger partial charge on any atom is -0.224 e. The molecule has 0 radical (unpaired) electrons. The van der Waals surface area contributed by atoms with Crippen molar-refractivity contribution in [2.45, 2.75) is 22.8 Å². The second kappa shape index (κ2) is 6.20. The molecule has 0 unspecified atom stereocenters. The monoisotopic (exact) mass is 339 g/mol. The van der Waals surface area contributed by atoms with Crippen molar-refractivity contribution in [1.29, 1.82) is 0 Å². The highest BCUT2D eigenvalue weighted by molar-refractivity contribution is 7.90. The molecular weight excluding hydrogens is 322 g/mol. The first-order chi connectivity index (χ1) is 10.2. The molecule has 0 aliphatic rings. The van der Waals surface area contributed by atoms with Crippen molar-refractivity contribution in [1.82, 2.24) is 4.72 Å². The average Bonchev–Trinajstić information content (AvgIpc) is 2.47. The summed E-state index contributed by atoms with van der Waals surface area (Å²) in [6.45, 7) is 1.70. The molecule has 0 saturated heterocycles. The van der Waals surface area contributed by atoms with Crippen molar-refractivity contribution >= 4 is 19.9 Å². The van der Waals surface area contributed by atoms with E-state index in [0.717, 1.165) is 6.26 Å². The van der Waals surface area contributed by atoms with E-state index >= 15 is 0 Å². The fraction of sp³-hybridized carbons (Fsp3) is 0.200. The Morgan fingerprint density at radius 3 is 1.86 bits per heavy atom. The van der Waals surface area contributed by atoms with Gasteiger partial charge in [-0.1, -0.05) is 30.3 Å². The molecule has 0 saturated carbocycles. The van der Waals surface area contributed by atoms with Crippen molar-refractivity contribution in [2.24, 2.45) is 0 Å². The zero-order valence-corrected chi connectivity index (χ0v) is 13.9. The molecule has 118 valence electrons. The van der Waals surface area contributed by atoms with Gasteiger partial charge >= 0.3 is 0 Å². The number of hydrogen-bond acceptors (Lipinski definition) is 4. The van der Waals surface area contributed by atoms with E-state index in [2.05, 4.69) is 4.72 Å². The van der Waals surface area contributed by atoms with Crippen LogP contribution in [0.2, 0.25) is 0 Å². The smallest absolute Gasteiger partial charge is 0.224 e. The zero-order valence-electron chi connectivity index (χ0n) is 12.2. The Morgan fingerprint density at radius 1 is 0.818 bits per heavy atom. The third-order valence-electron chi connectivity index (χ3n) is 3.19. The molecule has 0 heterocycles. The van der Waals surface area contributed by atoms with Crippen molar-refractivity contribution in [3.05, 3.63) is 60.2 Å². The van der Waals surface area contributed by atoms with Crippen LogP contribution in [0, 0.1) is 0 Å². The summed E-state index contributed by atoms with van der Waals surface area (Å²) in [5, 5.41) is 0. The summed E-state index contributed by atoms with van der Waals surface area (Å²) in [5.74, 6) is 0. The molecule has 5 nitrogen and oxygen atoms in total. The maximum absolute atomic E-state index is 12.2. The summed E-state index contributed by atoms with van der Waals surface area (Å²) in [5.41, 5.74) is 0.687. The molecular formula is C15H17NO4S2. The number of sulfone groups is 1. The van der Waals surface area contributed by atoms with Gasteiger partial charge in [-0.15, -0.1) is 0 Å². The van der Waals surface area contributed by atoms with E-state index in [0.29, 0.717) is 5.56 Å². The van der Waals surface area contributed by atoms with E-state index in [-0.39, 0.29) is 9.79 Å². The molecule has 0 fully saturated rings. The van der Waals surface area contributed by atoms with Crippen molar-refractivity contribution in [2.75, 3.05) is 6.26 Å². The number of sulfonamides is 1. The van der Waals surface area contributed by atoms with Crippen LogP contribution in [-0.4, -0.2) is 23.1 Å². The molecule has 22 heavy (non-hydrogen) atoms. The zero-order chi connectivity index (χ0) is 16.4. The van der Waals surface area contributed by atoms with E-state index in [9.17, 15) is 16.8 Å².